The molecule has 0 spiro atoms. The molecule has 0 saturated heterocycles. The summed E-state index contributed by atoms with van der Waals surface area (Å²) in [4.78, 5) is 4.65. The third kappa shape index (κ3) is 2.37. The van der Waals surface area contributed by atoms with Crippen LogP contribution in [0.25, 0.3) is 11.5 Å². The molecule has 5 nitrogen and oxygen atoms in total. The summed E-state index contributed by atoms with van der Waals surface area (Å²) in [5.41, 5.74) is 7.96. The van der Waals surface area contributed by atoms with Gasteiger partial charge in [-0.2, -0.15) is 5.10 Å². The third-order valence-electron chi connectivity index (χ3n) is 2.89. The monoisotopic (exact) mass is 367 g/mol. The molecule has 0 radical (unpaired) electrons. The van der Waals surface area contributed by atoms with Crippen LogP contribution >= 0.6 is 22.6 Å². The Morgan fingerprint density at radius 2 is 2.26 bits per heavy atom. The summed E-state index contributed by atoms with van der Waals surface area (Å²) in [7, 11) is 0. The number of halogens is 1. The molecule has 3 aromatic rings. The van der Waals surface area contributed by atoms with Gasteiger partial charge in [0, 0.05) is 24.9 Å². The van der Waals surface area contributed by atoms with Crippen LogP contribution in [0.4, 0.5) is 0 Å². The predicted molar refractivity (Wildman–Crippen MR) is 82.4 cm³/mol. The van der Waals surface area contributed by atoms with Crippen molar-refractivity contribution in [3.05, 3.63) is 46.1 Å². The van der Waals surface area contributed by atoms with E-state index in [-0.39, 0.29) is 6.04 Å². The standard InChI is InChI=1S/C13H14IN5/c1-9(15)6-11-13(19-8-10(14)7-16-19)17-12-4-2-3-5-18(11)12/h2-5,7-9H,6,15H2,1H3. The van der Waals surface area contributed by atoms with Gasteiger partial charge in [0.1, 0.15) is 5.65 Å². The van der Waals surface area contributed by atoms with Crippen molar-refractivity contribution in [3.63, 3.8) is 0 Å². The molecular weight excluding hydrogens is 353 g/mol. The molecule has 3 aromatic heterocycles. The molecule has 3 heterocycles. The zero-order chi connectivity index (χ0) is 13.4. The number of fused-ring (bicyclic) bond motifs is 1. The molecule has 0 saturated carbocycles. The van der Waals surface area contributed by atoms with Crippen molar-refractivity contribution in [2.75, 3.05) is 0 Å². The van der Waals surface area contributed by atoms with Crippen LogP contribution in [0.5, 0.6) is 0 Å². The van der Waals surface area contributed by atoms with Crippen molar-refractivity contribution in [1.82, 2.24) is 19.2 Å². The minimum Gasteiger partial charge on any atom is -0.328 e. The number of nitrogens with two attached hydrogens (primary N) is 1. The molecule has 0 amide bonds. The average Bonchev–Trinajstić information content (AvgIpc) is 2.94. The van der Waals surface area contributed by atoms with Crippen molar-refractivity contribution < 1.29 is 0 Å². The number of pyridine rings is 1. The SMILES string of the molecule is CC(N)Cc1c(-n2cc(I)cn2)nc2ccccn12. The number of aromatic nitrogens is 4. The second-order valence-corrected chi connectivity index (χ2v) is 5.84. The van der Waals surface area contributed by atoms with Crippen molar-refractivity contribution in [1.29, 1.82) is 0 Å². The van der Waals surface area contributed by atoms with E-state index in [0.717, 1.165) is 27.1 Å². The molecular formula is C13H14IN5. The zero-order valence-corrected chi connectivity index (χ0v) is 12.7. The van der Waals surface area contributed by atoms with Crippen molar-refractivity contribution in [2.45, 2.75) is 19.4 Å². The second-order valence-electron chi connectivity index (χ2n) is 4.60. The second kappa shape index (κ2) is 4.93. The number of hydrogen-bond donors (Lipinski definition) is 1. The van der Waals surface area contributed by atoms with Crippen molar-refractivity contribution in [3.8, 4) is 5.82 Å². The molecule has 0 bridgehead atoms. The molecule has 98 valence electrons. The maximum absolute atomic E-state index is 5.95. The lowest BCUT2D eigenvalue weighted by Crippen LogP contribution is -2.20. The Morgan fingerprint density at radius 1 is 1.42 bits per heavy atom. The van der Waals surface area contributed by atoms with Gasteiger partial charge in [-0.05, 0) is 41.6 Å². The van der Waals surface area contributed by atoms with E-state index in [2.05, 4.69) is 37.1 Å². The Hall–Kier alpha value is -1.41. The number of nitrogens with zero attached hydrogens (tertiary/aromatic N) is 4. The Labute approximate surface area is 124 Å². The van der Waals surface area contributed by atoms with Crippen LogP contribution in [0.1, 0.15) is 12.6 Å². The highest BCUT2D eigenvalue weighted by atomic mass is 127. The van der Waals surface area contributed by atoms with Crippen LogP contribution in [0, 0.1) is 3.57 Å². The van der Waals surface area contributed by atoms with Gasteiger partial charge in [-0.15, -0.1) is 0 Å². The van der Waals surface area contributed by atoms with Gasteiger partial charge in [0.2, 0.25) is 0 Å². The maximum atomic E-state index is 5.95. The molecule has 0 aromatic carbocycles. The smallest absolute Gasteiger partial charge is 0.175 e. The number of rotatable bonds is 3. The van der Waals surface area contributed by atoms with Crippen molar-refractivity contribution in [2.24, 2.45) is 5.73 Å². The van der Waals surface area contributed by atoms with Gasteiger partial charge < -0.3 is 10.1 Å². The quantitative estimate of drug-likeness (QED) is 0.721. The van der Waals surface area contributed by atoms with E-state index >= 15 is 0 Å². The largest absolute Gasteiger partial charge is 0.328 e. The minimum atomic E-state index is 0.0773. The van der Waals surface area contributed by atoms with Gasteiger partial charge in [0.05, 0.1) is 15.5 Å². The van der Waals surface area contributed by atoms with E-state index in [9.17, 15) is 0 Å². The zero-order valence-electron chi connectivity index (χ0n) is 10.5. The molecule has 0 fully saturated rings. The van der Waals surface area contributed by atoms with Crippen molar-refractivity contribution >= 4 is 28.2 Å². The first-order valence-electron chi connectivity index (χ1n) is 6.07. The van der Waals surface area contributed by atoms with Gasteiger partial charge in [0.15, 0.2) is 5.82 Å². The van der Waals surface area contributed by atoms with Gasteiger partial charge in [-0.3, -0.25) is 0 Å². The normalized spacial score (nSPS) is 13.0. The fourth-order valence-corrected chi connectivity index (χ4v) is 2.52. The summed E-state index contributed by atoms with van der Waals surface area (Å²) in [6, 6.07) is 6.04. The molecule has 2 N–H and O–H groups in total. The Balaban J connectivity index is 2.22. The topological polar surface area (TPSA) is 61.1 Å². The molecule has 0 aliphatic rings. The molecule has 1 unspecified atom stereocenters. The Bertz CT molecular complexity index is 713. The molecule has 6 heteroatoms. The molecule has 1 atom stereocenters. The average molecular weight is 367 g/mol. The molecule has 0 aliphatic carbocycles. The highest BCUT2D eigenvalue weighted by Crippen LogP contribution is 2.18. The van der Waals surface area contributed by atoms with Crippen LogP contribution in [-0.2, 0) is 6.42 Å². The van der Waals surface area contributed by atoms with E-state index in [1.165, 1.54) is 0 Å². The first kappa shape index (κ1) is 12.6. The van der Waals surface area contributed by atoms with Crippen LogP contribution < -0.4 is 5.73 Å². The van der Waals surface area contributed by atoms with Crippen LogP contribution in [0.15, 0.2) is 36.8 Å². The van der Waals surface area contributed by atoms with Crippen LogP contribution in [0.2, 0.25) is 0 Å². The van der Waals surface area contributed by atoms with E-state index in [1.54, 1.807) is 0 Å². The summed E-state index contributed by atoms with van der Waals surface area (Å²) in [5, 5.41) is 4.34. The van der Waals surface area contributed by atoms with E-state index < -0.39 is 0 Å². The highest BCUT2D eigenvalue weighted by molar-refractivity contribution is 14.1. The first-order valence-corrected chi connectivity index (χ1v) is 7.15. The maximum Gasteiger partial charge on any atom is 0.175 e. The molecule has 19 heavy (non-hydrogen) atoms. The van der Waals surface area contributed by atoms with E-state index in [4.69, 9.17) is 5.73 Å². The summed E-state index contributed by atoms with van der Waals surface area (Å²) in [6.07, 6.45) is 6.56. The number of hydrogen-bond acceptors (Lipinski definition) is 3. The summed E-state index contributed by atoms with van der Waals surface area (Å²) in [6.45, 7) is 2.00. The first-order chi connectivity index (χ1) is 9.15. The lowest BCUT2D eigenvalue weighted by molar-refractivity contribution is 0.705. The molecule has 3 rings (SSSR count). The van der Waals surface area contributed by atoms with Crippen LogP contribution in [0.3, 0.4) is 0 Å². The lowest BCUT2D eigenvalue weighted by atomic mass is 10.2. The lowest BCUT2D eigenvalue weighted by Gasteiger charge is -2.07. The highest BCUT2D eigenvalue weighted by Gasteiger charge is 2.15. The van der Waals surface area contributed by atoms with Gasteiger partial charge in [0.25, 0.3) is 0 Å². The fraction of sp³-hybridized carbons (Fsp3) is 0.231. The fourth-order valence-electron chi connectivity index (χ4n) is 2.13. The summed E-state index contributed by atoms with van der Waals surface area (Å²) < 4.78 is 4.97. The Morgan fingerprint density at radius 3 is 2.95 bits per heavy atom. The van der Waals surface area contributed by atoms with Gasteiger partial charge >= 0.3 is 0 Å². The Kier molecular flexibility index (Phi) is 3.28. The van der Waals surface area contributed by atoms with E-state index in [1.807, 2.05) is 48.4 Å². The third-order valence-corrected chi connectivity index (χ3v) is 3.45. The van der Waals surface area contributed by atoms with Gasteiger partial charge in [-0.25, -0.2) is 9.67 Å². The molecule has 0 aliphatic heterocycles. The predicted octanol–water partition coefficient (Wildman–Crippen LogP) is 2.01. The van der Waals surface area contributed by atoms with Gasteiger partial charge in [-0.1, -0.05) is 6.07 Å². The summed E-state index contributed by atoms with van der Waals surface area (Å²) in [5.74, 6) is 0.853. The van der Waals surface area contributed by atoms with E-state index in [0.29, 0.717) is 0 Å². The number of imidazole rings is 1. The summed E-state index contributed by atoms with van der Waals surface area (Å²) >= 11 is 2.24. The van der Waals surface area contributed by atoms with Crippen LogP contribution in [-0.4, -0.2) is 25.2 Å². The minimum absolute atomic E-state index is 0.0773.